The third-order valence-electron chi connectivity index (χ3n) is 3.25. The van der Waals surface area contributed by atoms with E-state index < -0.39 is 0 Å². The lowest BCUT2D eigenvalue weighted by Gasteiger charge is -1.95. The standard InChI is InChI=1S/C18H28NO3/c1-2-3-4-12-15-18(19(21)22)16-13-10-8-6-5-7-9-11-14-17-20/h5-6,10,13,15H,2-4,7-9,11-12,14,16H2,1H3/b6-5+,13-10+,18-15-. The Balaban J connectivity index is 3.88. The Morgan fingerprint density at radius 2 is 1.77 bits per heavy atom. The second-order valence-corrected chi connectivity index (χ2v) is 5.22. The second kappa shape index (κ2) is 15.7. The molecule has 0 aromatic heterocycles. The molecular formula is C18H28NO3. The molecule has 4 heteroatoms. The van der Waals surface area contributed by atoms with Crippen molar-refractivity contribution in [2.75, 3.05) is 0 Å². The van der Waals surface area contributed by atoms with Gasteiger partial charge < -0.3 is 0 Å². The van der Waals surface area contributed by atoms with Crippen molar-refractivity contribution in [1.29, 1.82) is 0 Å². The molecule has 0 N–H and O–H groups in total. The van der Waals surface area contributed by atoms with Crippen molar-refractivity contribution < 1.29 is 9.72 Å². The highest BCUT2D eigenvalue weighted by molar-refractivity contribution is 5.50. The SMILES string of the molecule is CCCCC/C=C(/C/C=C/C/C=C/CCCC[C]=O)[N+](=O)[O-]. The monoisotopic (exact) mass is 306 g/mol. The maximum Gasteiger partial charge on any atom is 0.246 e. The van der Waals surface area contributed by atoms with Crippen LogP contribution in [-0.4, -0.2) is 11.2 Å². The van der Waals surface area contributed by atoms with Gasteiger partial charge in [0.2, 0.25) is 5.70 Å². The zero-order chi connectivity index (χ0) is 16.5. The van der Waals surface area contributed by atoms with Crippen molar-refractivity contribution in [3.8, 4) is 0 Å². The largest absolute Gasteiger partial charge is 0.291 e. The van der Waals surface area contributed by atoms with Gasteiger partial charge in [-0.15, -0.1) is 0 Å². The summed E-state index contributed by atoms with van der Waals surface area (Å²) >= 11 is 0. The number of hydrogen-bond donors (Lipinski definition) is 0. The molecule has 1 radical (unpaired) electrons. The number of nitrogens with zero attached hydrogens (tertiary/aromatic N) is 1. The number of nitro groups is 1. The van der Waals surface area contributed by atoms with Crippen molar-refractivity contribution >= 4 is 6.29 Å². The van der Waals surface area contributed by atoms with E-state index in [1.165, 1.54) is 0 Å². The van der Waals surface area contributed by atoms with E-state index in [9.17, 15) is 14.9 Å². The summed E-state index contributed by atoms with van der Waals surface area (Å²) in [5.41, 5.74) is 0.293. The van der Waals surface area contributed by atoms with Crippen LogP contribution in [0.3, 0.4) is 0 Å². The first-order valence-electron chi connectivity index (χ1n) is 8.20. The Bertz CT molecular complexity index is 384. The normalized spacial score (nSPS) is 12.3. The molecule has 123 valence electrons. The molecule has 0 saturated heterocycles. The highest BCUT2D eigenvalue weighted by Gasteiger charge is 2.06. The van der Waals surface area contributed by atoms with Gasteiger partial charge in [-0.05, 0) is 44.6 Å². The lowest BCUT2D eigenvalue weighted by molar-refractivity contribution is -0.427. The number of allylic oxidation sites excluding steroid dienone is 5. The average molecular weight is 306 g/mol. The molecule has 0 aliphatic carbocycles. The van der Waals surface area contributed by atoms with Gasteiger partial charge in [0, 0.05) is 6.42 Å². The van der Waals surface area contributed by atoms with Gasteiger partial charge in [0.05, 0.1) is 11.3 Å². The van der Waals surface area contributed by atoms with Crippen LogP contribution in [-0.2, 0) is 4.79 Å². The topological polar surface area (TPSA) is 60.2 Å². The average Bonchev–Trinajstić information content (AvgIpc) is 2.50. The molecule has 0 aromatic carbocycles. The van der Waals surface area contributed by atoms with Gasteiger partial charge in [-0.25, -0.2) is 0 Å². The number of hydrogen-bond acceptors (Lipinski definition) is 3. The molecule has 0 saturated carbocycles. The van der Waals surface area contributed by atoms with Gasteiger partial charge in [-0.1, -0.05) is 44.1 Å². The summed E-state index contributed by atoms with van der Waals surface area (Å²) in [6.45, 7) is 2.12. The van der Waals surface area contributed by atoms with Crippen LogP contribution in [0, 0.1) is 10.1 Å². The molecule has 0 spiro atoms. The molecule has 0 unspecified atom stereocenters. The van der Waals surface area contributed by atoms with Crippen LogP contribution in [0.2, 0.25) is 0 Å². The van der Waals surface area contributed by atoms with Gasteiger partial charge >= 0.3 is 0 Å². The quantitative estimate of drug-likeness (QED) is 0.189. The number of unbranched alkanes of at least 4 members (excludes halogenated alkanes) is 6. The molecule has 0 rings (SSSR count). The van der Waals surface area contributed by atoms with Crippen LogP contribution >= 0.6 is 0 Å². The van der Waals surface area contributed by atoms with E-state index >= 15 is 0 Å². The lowest BCUT2D eigenvalue weighted by Crippen LogP contribution is -1.97. The maximum atomic E-state index is 10.9. The van der Waals surface area contributed by atoms with Crippen molar-refractivity contribution in [2.24, 2.45) is 0 Å². The summed E-state index contributed by atoms with van der Waals surface area (Å²) in [6, 6.07) is 0. The van der Waals surface area contributed by atoms with Crippen LogP contribution in [0.25, 0.3) is 0 Å². The fourth-order valence-electron chi connectivity index (χ4n) is 1.95. The van der Waals surface area contributed by atoms with Crippen LogP contribution in [0.4, 0.5) is 0 Å². The van der Waals surface area contributed by atoms with Crippen LogP contribution in [0.5, 0.6) is 0 Å². The molecule has 4 nitrogen and oxygen atoms in total. The Kier molecular flexibility index (Phi) is 14.5. The van der Waals surface area contributed by atoms with E-state index in [-0.39, 0.29) is 4.92 Å². The van der Waals surface area contributed by atoms with Gasteiger partial charge in [0.15, 0.2) is 6.29 Å². The third-order valence-corrected chi connectivity index (χ3v) is 3.25. The van der Waals surface area contributed by atoms with Gasteiger partial charge in [0.1, 0.15) is 0 Å². The molecule has 0 aliphatic rings. The van der Waals surface area contributed by atoms with Crippen molar-refractivity contribution in [1.82, 2.24) is 0 Å². The summed E-state index contributed by atoms with van der Waals surface area (Å²) in [7, 11) is 0. The van der Waals surface area contributed by atoms with E-state index in [0.29, 0.717) is 18.5 Å². The smallest absolute Gasteiger partial charge is 0.246 e. The minimum absolute atomic E-state index is 0.282. The van der Waals surface area contributed by atoms with Gasteiger partial charge in [-0.3, -0.25) is 14.9 Å². The predicted molar refractivity (Wildman–Crippen MR) is 90.9 cm³/mol. The Labute approximate surface area is 134 Å². The number of carbonyl (C=O) groups excluding carboxylic acids is 1. The Hall–Kier alpha value is -1.71. The molecule has 0 bridgehead atoms. The fourth-order valence-corrected chi connectivity index (χ4v) is 1.95. The van der Waals surface area contributed by atoms with Crippen LogP contribution in [0.1, 0.15) is 71.1 Å². The Morgan fingerprint density at radius 1 is 1.05 bits per heavy atom. The van der Waals surface area contributed by atoms with Gasteiger partial charge in [0.25, 0.3) is 0 Å². The summed E-state index contributed by atoms with van der Waals surface area (Å²) in [4.78, 5) is 20.6. The van der Waals surface area contributed by atoms with Crippen LogP contribution < -0.4 is 0 Å². The van der Waals surface area contributed by atoms with Crippen molar-refractivity contribution in [3.05, 3.63) is 46.2 Å². The summed E-state index contributed by atoms with van der Waals surface area (Å²) in [5.74, 6) is 0. The molecule has 0 aliphatic heterocycles. The van der Waals surface area contributed by atoms with Crippen LogP contribution in [0.15, 0.2) is 36.1 Å². The summed E-state index contributed by atoms with van der Waals surface area (Å²) in [6.07, 6.45) is 20.2. The minimum atomic E-state index is -0.282. The molecular weight excluding hydrogens is 278 g/mol. The first-order valence-corrected chi connectivity index (χ1v) is 8.20. The lowest BCUT2D eigenvalue weighted by atomic mass is 10.1. The van der Waals surface area contributed by atoms with Crippen molar-refractivity contribution in [2.45, 2.75) is 71.1 Å². The predicted octanol–water partition coefficient (Wildman–Crippen LogP) is 5.29. The van der Waals surface area contributed by atoms with E-state index in [1.54, 1.807) is 6.08 Å². The molecule has 0 amide bonds. The molecule has 22 heavy (non-hydrogen) atoms. The van der Waals surface area contributed by atoms with Crippen molar-refractivity contribution in [3.63, 3.8) is 0 Å². The molecule has 0 atom stereocenters. The molecule has 0 fully saturated rings. The first-order chi connectivity index (χ1) is 10.7. The molecule has 0 aromatic rings. The summed E-state index contributed by atoms with van der Waals surface area (Å²) in [5, 5.41) is 10.9. The van der Waals surface area contributed by atoms with E-state index in [2.05, 4.69) is 19.1 Å². The maximum absolute atomic E-state index is 10.9. The molecule has 0 heterocycles. The third kappa shape index (κ3) is 13.3. The second-order valence-electron chi connectivity index (χ2n) is 5.22. The zero-order valence-corrected chi connectivity index (χ0v) is 13.6. The fraction of sp³-hybridized carbons (Fsp3) is 0.611. The minimum Gasteiger partial charge on any atom is -0.291 e. The summed E-state index contributed by atoms with van der Waals surface area (Å²) < 4.78 is 0. The Morgan fingerprint density at radius 3 is 2.45 bits per heavy atom. The van der Waals surface area contributed by atoms with E-state index in [1.807, 2.05) is 18.4 Å². The van der Waals surface area contributed by atoms with Gasteiger partial charge in [-0.2, -0.15) is 0 Å². The van der Waals surface area contributed by atoms with E-state index in [4.69, 9.17) is 0 Å². The zero-order valence-electron chi connectivity index (χ0n) is 13.6. The highest BCUT2D eigenvalue weighted by atomic mass is 16.6. The number of rotatable bonds is 14. The highest BCUT2D eigenvalue weighted by Crippen LogP contribution is 2.09. The first kappa shape index (κ1) is 20.3. The van der Waals surface area contributed by atoms with E-state index in [0.717, 1.165) is 51.4 Å².